The van der Waals surface area contributed by atoms with E-state index in [1.54, 1.807) is 12.3 Å². The summed E-state index contributed by atoms with van der Waals surface area (Å²) < 4.78 is 41.7. The second-order valence-electron chi connectivity index (χ2n) is 6.05. The fraction of sp³-hybridized carbons (Fsp3) is 0.278. The van der Waals surface area contributed by atoms with Gasteiger partial charge in [0.05, 0.1) is 16.8 Å². The van der Waals surface area contributed by atoms with Crippen molar-refractivity contribution in [2.24, 2.45) is 0 Å². The average molecular weight is 411 g/mol. The Balaban J connectivity index is 1.98. The van der Waals surface area contributed by atoms with Gasteiger partial charge in [0.15, 0.2) is 0 Å². The molecule has 0 bridgehead atoms. The minimum absolute atomic E-state index is 0.185. The lowest BCUT2D eigenvalue weighted by Gasteiger charge is -2.15. The number of thiophene rings is 1. The van der Waals surface area contributed by atoms with E-state index >= 15 is 0 Å². The average Bonchev–Trinajstić information content (AvgIpc) is 3.12. The number of benzene rings is 1. The normalized spacial score (nSPS) is 11.7. The minimum Gasteiger partial charge on any atom is -0.324 e. The first-order valence-electron chi connectivity index (χ1n) is 8.41. The molecule has 1 amide bonds. The minimum atomic E-state index is -4.63. The molecule has 1 N–H and O–H groups in total. The van der Waals surface area contributed by atoms with Gasteiger partial charge in [-0.3, -0.25) is 18.7 Å². The van der Waals surface area contributed by atoms with Crippen LogP contribution in [0.2, 0.25) is 0 Å². The van der Waals surface area contributed by atoms with Crippen LogP contribution in [0.5, 0.6) is 0 Å². The van der Waals surface area contributed by atoms with E-state index in [0.29, 0.717) is 11.1 Å². The molecule has 3 rings (SSSR count). The zero-order valence-corrected chi connectivity index (χ0v) is 15.6. The predicted molar refractivity (Wildman–Crippen MR) is 101 cm³/mol. The van der Waals surface area contributed by atoms with Crippen LogP contribution in [0.15, 0.2) is 45.3 Å². The number of carbonyl (C=O) groups is 1. The summed E-state index contributed by atoms with van der Waals surface area (Å²) in [5, 5.41) is 3.83. The second-order valence-corrected chi connectivity index (χ2v) is 6.97. The van der Waals surface area contributed by atoms with Crippen LogP contribution in [0.3, 0.4) is 0 Å². The van der Waals surface area contributed by atoms with Crippen molar-refractivity contribution in [3.05, 3.63) is 62.1 Å². The van der Waals surface area contributed by atoms with Gasteiger partial charge in [0.25, 0.3) is 5.56 Å². The van der Waals surface area contributed by atoms with Crippen LogP contribution in [-0.2, 0) is 24.1 Å². The molecule has 0 atom stereocenters. The summed E-state index contributed by atoms with van der Waals surface area (Å²) in [6, 6.07) is 6.13. The predicted octanol–water partition coefficient (Wildman–Crippen LogP) is 3.29. The number of aromatic nitrogens is 2. The highest BCUT2D eigenvalue weighted by Crippen LogP contribution is 2.34. The third-order valence-electron chi connectivity index (χ3n) is 4.09. The number of para-hydroxylation sites is 1. The molecule has 0 aliphatic carbocycles. The van der Waals surface area contributed by atoms with Crippen molar-refractivity contribution in [3.8, 4) is 0 Å². The van der Waals surface area contributed by atoms with Crippen LogP contribution in [0.4, 0.5) is 18.9 Å². The number of anilines is 1. The Morgan fingerprint density at radius 3 is 2.54 bits per heavy atom. The largest absolute Gasteiger partial charge is 0.418 e. The fourth-order valence-electron chi connectivity index (χ4n) is 2.88. The summed E-state index contributed by atoms with van der Waals surface area (Å²) in [5.41, 5.74) is -2.19. The van der Waals surface area contributed by atoms with Crippen LogP contribution in [0, 0.1) is 0 Å². The number of hydrogen-bond acceptors (Lipinski definition) is 4. The highest BCUT2D eigenvalue weighted by molar-refractivity contribution is 7.17. The van der Waals surface area contributed by atoms with Crippen molar-refractivity contribution < 1.29 is 18.0 Å². The third-order valence-corrected chi connectivity index (χ3v) is 4.98. The fourth-order valence-corrected chi connectivity index (χ4v) is 3.72. The summed E-state index contributed by atoms with van der Waals surface area (Å²) >= 11 is 1.14. The van der Waals surface area contributed by atoms with E-state index in [4.69, 9.17) is 0 Å². The molecule has 3 aromatic rings. The lowest BCUT2D eigenvalue weighted by molar-refractivity contribution is -0.137. The molecule has 0 aliphatic rings. The summed E-state index contributed by atoms with van der Waals surface area (Å²) in [6.45, 7) is 1.47. The Hall–Kier alpha value is -2.88. The number of carbonyl (C=O) groups excluding carboxylic acids is 1. The Labute approximate surface area is 160 Å². The van der Waals surface area contributed by atoms with Crippen molar-refractivity contribution in [3.63, 3.8) is 0 Å². The second kappa shape index (κ2) is 7.63. The van der Waals surface area contributed by atoms with Gasteiger partial charge in [0.1, 0.15) is 11.2 Å². The van der Waals surface area contributed by atoms with Crippen LogP contribution >= 0.6 is 11.3 Å². The number of amides is 1. The lowest BCUT2D eigenvalue weighted by atomic mass is 10.1. The number of rotatable bonds is 5. The molecular weight excluding hydrogens is 395 g/mol. The van der Waals surface area contributed by atoms with Gasteiger partial charge >= 0.3 is 11.9 Å². The van der Waals surface area contributed by atoms with E-state index in [-0.39, 0.29) is 12.1 Å². The lowest BCUT2D eigenvalue weighted by Crippen LogP contribution is -2.41. The molecule has 0 saturated heterocycles. The molecule has 10 heteroatoms. The van der Waals surface area contributed by atoms with Crippen molar-refractivity contribution in [1.82, 2.24) is 9.13 Å². The number of nitrogens with zero attached hydrogens (tertiary/aromatic N) is 2. The highest BCUT2D eigenvalue weighted by Gasteiger charge is 2.33. The number of alkyl halides is 3. The van der Waals surface area contributed by atoms with Gasteiger partial charge in [-0.1, -0.05) is 19.1 Å². The molecule has 0 saturated carbocycles. The zero-order valence-electron chi connectivity index (χ0n) is 14.7. The van der Waals surface area contributed by atoms with Crippen LogP contribution in [0.25, 0.3) is 10.2 Å². The number of halogens is 3. The van der Waals surface area contributed by atoms with E-state index in [1.807, 2.05) is 0 Å². The summed E-state index contributed by atoms with van der Waals surface area (Å²) in [6.07, 6.45) is -4.09. The molecule has 6 nitrogen and oxygen atoms in total. The van der Waals surface area contributed by atoms with Gasteiger partial charge in [0.2, 0.25) is 5.91 Å². The summed E-state index contributed by atoms with van der Waals surface area (Å²) in [7, 11) is 0. The number of nitrogens with one attached hydrogen (secondary N) is 1. The molecule has 0 unspecified atom stereocenters. The van der Waals surface area contributed by atoms with E-state index in [9.17, 15) is 27.6 Å². The standard InChI is InChI=1S/C18H16F3N3O3S/c1-2-8-23-16(26)15-13(7-9-28-15)24(17(23)27)10-14(25)22-12-6-4-3-5-11(12)18(19,20)21/h3-7,9H,2,8,10H2,1H3,(H,22,25). The van der Waals surface area contributed by atoms with Crippen LogP contribution in [-0.4, -0.2) is 15.0 Å². The van der Waals surface area contributed by atoms with E-state index in [2.05, 4.69) is 5.32 Å². The molecular formula is C18H16F3N3O3S. The van der Waals surface area contributed by atoms with Gasteiger partial charge in [-0.15, -0.1) is 11.3 Å². The topological polar surface area (TPSA) is 73.1 Å². The molecule has 0 fully saturated rings. The third kappa shape index (κ3) is 3.72. The summed E-state index contributed by atoms with van der Waals surface area (Å²) in [4.78, 5) is 37.5. The number of hydrogen-bond donors (Lipinski definition) is 1. The highest BCUT2D eigenvalue weighted by atomic mass is 32.1. The monoisotopic (exact) mass is 411 g/mol. The van der Waals surface area contributed by atoms with Gasteiger partial charge in [0, 0.05) is 6.54 Å². The van der Waals surface area contributed by atoms with E-state index in [1.165, 1.54) is 18.2 Å². The Morgan fingerprint density at radius 1 is 1.14 bits per heavy atom. The SMILES string of the molecule is CCCn1c(=O)c2sccc2n(CC(=O)Nc2ccccc2C(F)(F)F)c1=O. The maximum Gasteiger partial charge on any atom is 0.418 e. The smallest absolute Gasteiger partial charge is 0.324 e. The molecule has 0 aliphatic heterocycles. The first kappa shape index (κ1) is 19.9. The molecule has 1 aromatic carbocycles. The van der Waals surface area contributed by atoms with E-state index in [0.717, 1.165) is 32.6 Å². The Bertz CT molecular complexity index is 1140. The molecule has 2 heterocycles. The quantitative estimate of drug-likeness (QED) is 0.700. The number of fused-ring (bicyclic) bond motifs is 1. The summed E-state index contributed by atoms with van der Waals surface area (Å²) in [5.74, 6) is -0.798. The molecule has 2 aromatic heterocycles. The zero-order chi connectivity index (χ0) is 20.5. The van der Waals surface area contributed by atoms with Gasteiger partial charge in [-0.05, 0) is 30.0 Å². The van der Waals surface area contributed by atoms with Gasteiger partial charge in [-0.25, -0.2) is 4.79 Å². The van der Waals surface area contributed by atoms with Crippen molar-refractivity contribution >= 4 is 33.1 Å². The molecule has 0 radical (unpaired) electrons. The molecule has 0 spiro atoms. The maximum atomic E-state index is 13.1. The Kier molecular flexibility index (Phi) is 5.41. The van der Waals surface area contributed by atoms with E-state index < -0.39 is 41.1 Å². The first-order chi connectivity index (χ1) is 13.2. The van der Waals surface area contributed by atoms with Crippen molar-refractivity contribution in [2.45, 2.75) is 32.6 Å². The van der Waals surface area contributed by atoms with Gasteiger partial charge in [-0.2, -0.15) is 13.2 Å². The Morgan fingerprint density at radius 2 is 1.86 bits per heavy atom. The first-order valence-corrected chi connectivity index (χ1v) is 9.29. The molecule has 148 valence electrons. The van der Waals surface area contributed by atoms with Crippen LogP contribution < -0.4 is 16.6 Å². The van der Waals surface area contributed by atoms with Crippen LogP contribution in [0.1, 0.15) is 18.9 Å². The van der Waals surface area contributed by atoms with Crippen molar-refractivity contribution in [2.75, 3.05) is 5.32 Å². The van der Waals surface area contributed by atoms with Crippen molar-refractivity contribution in [1.29, 1.82) is 0 Å². The maximum absolute atomic E-state index is 13.1. The van der Waals surface area contributed by atoms with Gasteiger partial charge < -0.3 is 5.32 Å². The molecule has 28 heavy (non-hydrogen) atoms.